The molecule has 1 saturated heterocycles. The van der Waals surface area contributed by atoms with Crippen molar-refractivity contribution in [3.05, 3.63) is 70.8 Å². The molecule has 4 nitrogen and oxygen atoms in total. The lowest BCUT2D eigenvalue weighted by Crippen LogP contribution is -3.00. The number of likely N-dealkylation sites (tertiary alicyclic amines) is 1. The number of carbonyl (C=O) groups excluding carboxylic acids is 1. The van der Waals surface area contributed by atoms with Gasteiger partial charge < -0.3 is 38.3 Å². The van der Waals surface area contributed by atoms with Gasteiger partial charge in [0, 0.05) is 37.6 Å². The number of hydrogen-bond acceptors (Lipinski definition) is 3. The molecule has 0 bridgehead atoms. The highest BCUT2D eigenvalue weighted by Gasteiger charge is 2.33. The molecule has 0 atom stereocenters. The van der Waals surface area contributed by atoms with Gasteiger partial charge in [-0.3, -0.25) is 4.79 Å². The van der Waals surface area contributed by atoms with E-state index in [4.69, 9.17) is 0 Å². The number of benzene rings is 2. The van der Waals surface area contributed by atoms with E-state index in [-0.39, 0.29) is 29.8 Å². The first-order valence-corrected chi connectivity index (χ1v) is 12.3. The predicted octanol–water partition coefficient (Wildman–Crippen LogP) is 2.51. The first-order chi connectivity index (χ1) is 15.8. The third-order valence-corrected chi connectivity index (χ3v) is 6.51. The monoisotopic (exact) mass is 573 g/mol. The topological polar surface area (TPSA) is 23.6 Å². The summed E-state index contributed by atoms with van der Waals surface area (Å²) in [5.41, 5.74) is 6.38. The molecule has 0 saturated carbocycles. The van der Waals surface area contributed by atoms with Crippen LogP contribution in [0, 0.1) is 0 Å². The fourth-order valence-electron chi connectivity index (χ4n) is 4.69. The summed E-state index contributed by atoms with van der Waals surface area (Å²) >= 11 is 0. The summed E-state index contributed by atoms with van der Waals surface area (Å²) in [5, 5.41) is 0. The molecule has 0 N–H and O–H groups in total. The predicted molar refractivity (Wildman–Crippen MR) is 143 cm³/mol. The molecule has 1 fully saturated rings. The normalized spacial score (nSPS) is 17.5. The van der Waals surface area contributed by atoms with E-state index >= 15 is 0 Å². The van der Waals surface area contributed by atoms with Gasteiger partial charge in [-0.15, -0.1) is 0 Å². The van der Waals surface area contributed by atoms with Gasteiger partial charge in [0.1, 0.15) is 13.1 Å². The van der Waals surface area contributed by atoms with Crippen LogP contribution in [0.2, 0.25) is 0 Å². The van der Waals surface area contributed by atoms with Gasteiger partial charge in [0.25, 0.3) is 0 Å². The summed E-state index contributed by atoms with van der Waals surface area (Å²) in [6, 6.07) is 17.1. The number of Topliss-reactive ketones (excluding diaryl/α,β-unsaturated/α-hetero) is 1. The minimum atomic E-state index is 0. The van der Waals surface area contributed by atoms with Gasteiger partial charge in [0.15, 0.2) is 5.78 Å². The van der Waals surface area contributed by atoms with E-state index < -0.39 is 0 Å². The lowest BCUT2D eigenvalue weighted by Gasteiger charge is -2.35. The average molecular weight is 574 g/mol. The highest BCUT2D eigenvalue weighted by Crippen LogP contribution is 2.26. The maximum atomic E-state index is 13.4. The second-order valence-corrected chi connectivity index (χ2v) is 9.45. The molecule has 5 heteroatoms. The van der Waals surface area contributed by atoms with Crippen LogP contribution >= 0.6 is 0 Å². The molecule has 0 unspecified atom stereocenters. The molecule has 2 aromatic carbocycles. The number of rotatable bonds is 8. The van der Waals surface area contributed by atoms with Gasteiger partial charge in [-0.25, -0.2) is 0 Å². The molecule has 3 rings (SSSR count). The summed E-state index contributed by atoms with van der Waals surface area (Å²) in [5.74, 6) is 0.174. The summed E-state index contributed by atoms with van der Waals surface area (Å²) in [4.78, 5) is 18.1. The van der Waals surface area contributed by atoms with Crippen LogP contribution in [-0.4, -0.2) is 63.6 Å². The SMILES string of the molecule is CCN(CC)c1ccc(/C=C2/C[N+](C)(C)C/C(=C\c3ccc(N(CC)CC)cc3)C2=O)cc1.[I-]. The zero-order valence-corrected chi connectivity index (χ0v) is 23.8. The second kappa shape index (κ2) is 12.5. The quantitative estimate of drug-likeness (QED) is 0.276. The molecule has 0 amide bonds. The van der Waals surface area contributed by atoms with Crippen molar-refractivity contribution >= 4 is 29.3 Å². The van der Waals surface area contributed by atoms with Crippen LogP contribution in [0.4, 0.5) is 11.4 Å². The van der Waals surface area contributed by atoms with Crippen molar-refractivity contribution in [1.29, 1.82) is 0 Å². The van der Waals surface area contributed by atoms with Crippen LogP contribution in [0.1, 0.15) is 38.8 Å². The maximum absolute atomic E-state index is 13.4. The summed E-state index contributed by atoms with van der Waals surface area (Å²) in [7, 11) is 4.39. The minimum Gasteiger partial charge on any atom is -1.00 e. The van der Waals surface area contributed by atoms with Crippen LogP contribution in [0.15, 0.2) is 59.7 Å². The minimum absolute atomic E-state index is 0. The smallest absolute Gasteiger partial charge is 0.196 e. The van der Waals surface area contributed by atoms with E-state index in [9.17, 15) is 4.79 Å². The molecule has 0 spiro atoms. The number of carbonyl (C=O) groups is 1. The van der Waals surface area contributed by atoms with Crippen LogP contribution in [0.5, 0.6) is 0 Å². The third kappa shape index (κ3) is 6.95. The molecule has 0 aromatic heterocycles. The van der Waals surface area contributed by atoms with Crippen molar-refractivity contribution in [1.82, 2.24) is 0 Å². The molecular formula is C29H40IN3O. The van der Waals surface area contributed by atoms with E-state index in [1.807, 2.05) is 0 Å². The number of likely N-dealkylation sites (N-methyl/N-ethyl adjacent to an activating group) is 1. The maximum Gasteiger partial charge on any atom is 0.196 e. The Hall–Kier alpha value is -2.12. The zero-order chi connectivity index (χ0) is 24.0. The Morgan fingerprint density at radius 2 is 1.00 bits per heavy atom. The Bertz CT molecular complexity index is 919. The van der Waals surface area contributed by atoms with Crippen molar-refractivity contribution < 1.29 is 33.3 Å². The first kappa shape index (κ1) is 28.1. The molecule has 1 aliphatic rings. The number of piperidine rings is 1. The molecule has 1 aliphatic heterocycles. The Kier molecular flexibility index (Phi) is 10.4. The Balaban J connectivity index is 0.00000408. The fourth-order valence-corrected chi connectivity index (χ4v) is 4.69. The largest absolute Gasteiger partial charge is 1.00 e. The number of ketones is 1. The van der Waals surface area contributed by atoms with Gasteiger partial charge in [-0.2, -0.15) is 0 Å². The second-order valence-electron chi connectivity index (χ2n) is 9.45. The van der Waals surface area contributed by atoms with E-state index in [0.717, 1.165) is 66.0 Å². The summed E-state index contributed by atoms with van der Waals surface area (Å²) in [6.07, 6.45) is 4.15. The lowest BCUT2D eigenvalue weighted by molar-refractivity contribution is -0.881. The Morgan fingerprint density at radius 1 is 0.676 bits per heavy atom. The highest BCUT2D eigenvalue weighted by atomic mass is 127. The number of nitrogens with zero attached hydrogens (tertiary/aromatic N) is 3. The third-order valence-electron chi connectivity index (χ3n) is 6.51. The zero-order valence-electron chi connectivity index (χ0n) is 21.6. The highest BCUT2D eigenvalue weighted by molar-refractivity contribution is 6.14. The summed E-state index contributed by atoms with van der Waals surface area (Å²) in [6.45, 7) is 14.1. The van der Waals surface area contributed by atoms with Crippen LogP contribution < -0.4 is 33.8 Å². The molecule has 0 radical (unpaired) electrons. The average Bonchev–Trinajstić information content (AvgIpc) is 2.80. The molecule has 2 aromatic rings. The fraction of sp³-hybridized carbons (Fsp3) is 0.414. The van der Waals surface area contributed by atoms with Crippen molar-refractivity contribution in [3.8, 4) is 0 Å². The van der Waals surface area contributed by atoms with Gasteiger partial charge in [0.05, 0.1) is 25.2 Å². The van der Waals surface area contributed by atoms with Crippen LogP contribution in [0.25, 0.3) is 12.2 Å². The number of quaternary nitrogens is 1. The van der Waals surface area contributed by atoms with Crippen LogP contribution in [0.3, 0.4) is 0 Å². The van der Waals surface area contributed by atoms with Gasteiger partial charge >= 0.3 is 0 Å². The Morgan fingerprint density at radius 3 is 1.29 bits per heavy atom. The van der Waals surface area contributed by atoms with E-state index in [2.05, 4.69) is 112 Å². The standard InChI is InChI=1S/C29H40N3O.HI/c1-7-30(8-2)27-15-11-23(12-16-27)19-25-21-32(5,6)22-26(29(25)33)20-24-13-17-28(18-14-24)31(9-3)10-4;/h11-20H,7-10,21-22H2,1-6H3;1H/q+1;/p-1/b25-19-,26-20+;. The van der Waals surface area contributed by atoms with Crippen molar-refractivity contribution in [2.75, 3.05) is 63.2 Å². The summed E-state index contributed by atoms with van der Waals surface area (Å²) < 4.78 is 0.776. The van der Waals surface area contributed by atoms with Crippen molar-refractivity contribution in [2.45, 2.75) is 27.7 Å². The van der Waals surface area contributed by atoms with Gasteiger partial charge in [-0.05, 0) is 75.2 Å². The molecule has 34 heavy (non-hydrogen) atoms. The van der Waals surface area contributed by atoms with E-state index in [0.29, 0.717) is 0 Å². The van der Waals surface area contributed by atoms with Crippen LogP contribution in [-0.2, 0) is 4.79 Å². The number of hydrogen-bond donors (Lipinski definition) is 0. The molecule has 0 aliphatic carbocycles. The number of anilines is 2. The van der Waals surface area contributed by atoms with Crippen molar-refractivity contribution in [2.24, 2.45) is 0 Å². The Labute approximate surface area is 223 Å². The number of halogens is 1. The first-order valence-electron chi connectivity index (χ1n) is 12.3. The molecule has 1 heterocycles. The van der Waals surface area contributed by atoms with E-state index in [1.165, 1.54) is 11.4 Å². The molecular weight excluding hydrogens is 533 g/mol. The van der Waals surface area contributed by atoms with Crippen molar-refractivity contribution in [3.63, 3.8) is 0 Å². The van der Waals surface area contributed by atoms with Gasteiger partial charge in [-0.1, -0.05) is 24.3 Å². The van der Waals surface area contributed by atoms with E-state index in [1.54, 1.807) is 0 Å². The van der Waals surface area contributed by atoms with Gasteiger partial charge in [0.2, 0.25) is 0 Å². The molecule has 184 valence electrons. The lowest BCUT2D eigenvalue weighted by atomic mass is 9.93.